The van der Waals surface area contributed by atoms with Crippen molar-refractivity contribution in [3.63, 3.8) is 0 Å². The van der Waals surface area contributed by atoms with Crippen molar-refractivity contribution in [1.82, 2.24) is 29.8 Å². The van der Waals surface area contributed by atoms with Gasteiger partial charge in [0.2, 0.25) is 0 Å². The van der Waals surface area contributed by atoms with E-state index in [0.717, 1.165) is 40.4 Å². The number of hydrogen-bond acceptors (Lipinski definition) is 5. The fourth-order valence-electron chi connectivity index (χ4n) is 3.28. The molecule has 0 bridgehead atoms. The minimum Gasteiger partial charge on any atom is -0.346 e. The Hall–Kier alpha value is -3.87. The zero-order chi connectivity index (χ0) is 21.8. The summed E-state index contributed by atoms with van der Waals surface area (Å²) in [6.45, 7) is 6.24. The molecule has 0 radical (unpaired) electrons. The molecule has 0 unspecified atom stereocenters. The number of aromatic nitrogens is 5. The van der Waals surface area contributed by atoms with Crippen molar-refractivity contribution in [2.75, 3.05) is 0 Å². The van der Waals surface area contributed by atoms with Gasteiger partial charge in [-0.25, -0.2) is 4.98 Å². The molecule has 0 atom stereocenters. The van der Waals surface area contributed by atoms with Crippen molar-refractivity contribution in [3.05, 3.63) is 89.7 Å². The standard InChI is InChI=1S/C24H24N6O/c1-4-23-25-7-8-30(23)21-10-18(22-6-5-16(2)12-28-22)9-19(11-21)24(31)29-15-20-14-26-17(3)13-27-20/h5-14H,4,15H2,1-3H3,(H,29,31). The molecule has 0 saturated heterocycles. The highest BCUT2D eigenvalue weighted by Crippen LogP contribution is 2.24. The van der Waals surface area contributed by atoms with Gasteiger partial charge < -0.3 is 9.88 Å². The van der Waals surface area contributed by atoms with Crippen LogP contribution >= 0.6 is 0 Å². The molecule has 0 fully saturated rings. The minimum absolute atomic E-state index is 0.184. The molecule has 1 aromatic carbocycles. The quantitative estimate of drug-likeness (QED) is 0.520. The van der Waals surface area contributed by atoms with Gasteiger partial charge in [-0.05, 0) is 43.7 Å². The number of benzene rings is 1. The number of hydrogen-bond donors (Lipinski definition) is 1. The summed E-state index contributed by atoms with van der Waals surface area (Å²) in [5, 5.41) is 2.94. The van der Waals surface area contributed by atoms with E-state index < -0.39 is 0 Å². The number of nitrogens with one attached hydrogen (secondary N) is 1. The first-order valence-corrected chi connectivity index (χ1v) is 10.2. The molecule has 3 heterocycles. The molecule has 0 aliphatic rings. The van der Waals surface area contributed by atoms with Gasteiger partial charge in [0.25, 0.3) is 5.91 Å². The van der Waals surface area contributed by atoms with Crippen LogP contribution in [-0.4, -0.2) is 30.4 Å². The maximum atomic E-state index is 13.0. The molecule has 0 aliphatic carbocycles. The van der Waals surface area contributed by atoms with Gasteiger partial charge in [0, 0.05) is 48.0 Å². The third-order valence-corrected chi connectivity index (χ3v) is 4.96. The number of nitrogens with zero attached hydrogens (tertiary/aromatic N) is 5. The van der Waals surface area contributed by atoms with E-state index in [1.165, 1.54) is 0 Å². The Morgan fingerprint density at radius 3 is 2.58 bits per heavy atom. The topological polar surface area (TPSA) is 85.6 Å². The first-order chi connectivity index (χ1) is 15.0. The lowest BCUT2D eigenvalue weighted by molar-refractivity contribution is 0.0950. The lowest BCUT2D eigenvalue weighted by Gasteiger charge is -2.13. The summed E-state index contributed by atoms with van der Waals surface area (Å²) in [6, 6.07) is 9.74. The van der Waals surface area contributed by atoms with Gasteiger partial charge >= 0.3 is 0 Å². The zero-order valence-electron chi connectivity index (χ0n) is 17.8. The Balaban J connectivity index is 1.69. The number of carbonyl (C=O) groups excluding carboxylic acids is 1. The molecule has 4 aromatic rings. The van der Waals surface area contributed by atoms with Crippen LogP contribution < -0.4 is 5.32 Å². The van der Waals surface area contributed by atoms with Crippen LogP contribution in [-0.2, 0) is 13.0 Å². The molecule has 4 rings (SSSR count). The second kappa shape index (κ2) is 8.87. The van der Waals surface area contributed by atoms with Crippen molar-refractivity contribution in [2.45, 2.75) is 33.7 Å². The van der Waals surface area contributed by atoms with Gasteiger partial charge in [0.1, 0.15) is 5.82 Å². The summed E-state index contributed by atoms with van der Waals surface area (Å²) in [6.07, 6.45) is 9.65. The molecular formula is C24H24N6O. The van der Waals surface area contributed by atoms with Crippen LogP contribution in [0, 0.1) is 13.8 Å². The molecule has 7 nitrogen and oxygen atoms in total. The smallest absolute Gasteiger partial charge is 0.251 e. The van der Waals surface area contributed by atoms with E-state index in [2.05, 4.69) is 32.2 Å². The molecule has 0 aliphatic heterocycles. The molecular weight excluding hydrogens is 388 g/mol. The first kappa shape index (κ1) is 20.4. The first-order valence-electron chi connectivity index (χ1n) is 10.2. The lowest BCUT2D eigenvalue weighted by Crippen LogP contribution is -2.23. The summed E-state index contributed by atoms with van der Waals surface area (Å²) < 4.78 is 2.00. The van der Waals surface area contributed by atoms with Crippen molar-refractivity contribution in [2.24, 2.45) is 0 Å². The van der Waals surface area contributed by atoms with Gasteiger partial charge in [-0.2, -0.15) is 0 Å². The molecule has 0 spiro atoms. The van der Waals surface area contributed by atoms with Crippen molar-refractivity contribution < 1.29 is 4.79 Å². The molecule has 156 valence electrons. The predicted octanol–water partition coefficient (Wildman–Crippen LogP) is 3.83. The Morgan fingerprint density at radius 1 is 1.00 bits per heavy atom. The van der Waals surface area contributed by atoms with E-state index in [9.17, 15) is 4.79 Å². The van der Waals surface area contributed by atoms with Gasteiger partial charge in [0.05, 0.1) is 29.8 Å². The van der Waals surface area contributed by atoms with E-state index in [0.29, 0.717) is 17.8 Å². The van der Waals surface area contributed by atoms with Crippen LogP contribution in [0.2, 0.25) is 0 Å². The van der Waals surface area contributed by atoms with Crippen LogP contribution in [0.4, 0.5) is 0 Å². The molecule has 7 heteroatoms. The van der Waals surface area contributed by atoms with Crippen molar-refractivity contribution in [1.29, 1.82) is 0 Å². The fourth-order valence-corrected chi connectivity index (χ4v) is 3.28. The molecule has 0 saturated carbocycles. The van der Waals surface area contributed by atoms with Gasteiger partial charge in [-0.1, -0.05) is 13.0 Å². The lowest BCUT2D eigenvalue weighted by atomic mass is 10.0. The van der Waals surface area contributed by atoms with Gasteiger partial charge in [0.15, 0.2) is 0 Å². The maximum Gasteiger partial charge on any atom is 0.251 e. The highest BCUT2D eigenvalue weighted by Gasteiger charge is 2.13. The van der Waals surface area contributed by atoms with Crippen LogP contribution in [0.3, 0.4) is 0 Å². The fraction of sp³-hybridized carbons (Fsp3) is 0.208. The number of pyridine rings is 1. The third-order valence-electron chi connectivity index (χ3n) is 4.96. The minimum atomic E-state index is -0.184. The normalized spacial score (nSPS) is 10.8. The molecule has 3 aromatic heterocycles. The largest absolute Gasteiger partial charge is 0.346 e. The Labute approximate surface area is 181 Å². The van der Waals surface area contributed by atoms with Crippen LogP contribution in [0.25, 0.3) is 16.9 Å². The molecule has 1 N–H and O–H groups in total. The Kier molecular flexibility index (Phi) is 5.84. The van der Waals surface area contributed by atoms with Crippen LogP contribution in [0.5, 0.6) is 0 Å². The van der Waals surface area contributed by atoms with E-state index in [-0.39, 0.29) is 5.91 Å². The summed E-state index contributed by atoms with van der Waals surface area (Å²) in [5.41, 5.74) is 5.72. The van der Waals surface area contributed by atoms with E-state index in [4.69, 9.17) is 0 Å². The number of imidazole rings is 1. The zero-order valence-corrected chi connectivity index (χ0v) is 17.8. The number of amides is 1. The second-order valence-electron chi connectivity index (χ2n) is 7.39. The van der Waals surface area contributed by atoms with Crippen LogP contribution in [0.1, 0.15) is 40.1 Å². The summed E-state index contributed by atoms with van der Waals surface area (Å²) in [5.74, 6) is 0.742. The summed E-state index contributed by atoms with van der Waals surface area (Å²) in [7, 11) is 0. The molecule has 1 amide bonds. The average Bonchev–Trinajstić information content (AvgIpc) is 3.28. The number of aryl methyl sites for hydroxylation is 3. The second-order valence-corrected chi connectivity index (χ2v) is 7.39. The highest BCUT2D eigenvalue weighted by molar-refractivity contribution is 5.96. The summed E-state index contributed by atoms with van der Waals surface area (Å²) >= 11 is 0. The van der Waals surface area contributed by atoms with Gasteiger partial charge in [-0.3, -0.25) is 19.7 Å². The van der Waals surface area contributed by atoms with Gasteiger partial charge in [-0.15, -0.1) is 0 Å². The Morgan fingerprint density at radius 2 is 1.87 bits per heavy atom. The Bertz CT molecular complexity index is 1200. The molecule has 31 heavy (non-hydrogen) atoms. The highest BCUT2D eigenvalue weighted by atomic mass is 16.1. The van der Waals surface area contributed by atoms with Crippen molar-refractivity contribution in [3.8, 4) is 16.9 Å². The monoisotopic (exact) mass is 412 g/mol. The van der Waals surface area contributed by atoms with E-state index >= 15 is 0 Å². The van der Waals surface area contributed by atoms with Crippen LogP contribution in [0.15, 0.2) is 61.3 Å². The van der Waals surface area contributed by atoms with Crippen molar-refractivity contribution >= 4 is 5.91 Å². The number of carbonyl (C=O) groups is 1. The SMILES string of the molecule is CCc1nccn1-c1cc(C(=O)NCc2cnc(C)cn2)cc(-c2ccc(C)cn2)c1. The van der Waals surface area contributed by atoms with E-state index in [1.807, 2.05) is 61.1 Å². The predicted molar refractivity (Wildman–Crippen MR) is 119 cm³/mol. The maximum absolute atomic E-state index is 13.0. The third kappa shape index (κ3) is 4.66. The van der Waals surface area contributed by atoms with E-state index in [1.54, 1.807) is 18.6 Å². The average molecular weight is 412 g/mol. The summed E-state index contributed by atoms with van der Waals surface area (Å²) in [4.78, 5) is 30.5. The number of rotatable bonds is 6.